The number of piperazine rings is 1. The lowest BCUT2D eigenvalue weighted by molar-refractivity contribution is -0.121. The van der Waals surface area contributed by atoms with Crippen LogP contribution in [0.2, 0.25) is 0 Å². The molecule has 4 heterocycles. The number of hydrogen-bond donors (Lipinski definition) is 2. The fraction of sp³-hybridized carbons (Fsp3) is 0.739. The summed E-state index contributed by atoms with van der Waals surface area (Å²) >= 11 is 0. The van der Waals surface area contributed by atoms with Crippen LogP contribution in [0.25, 0.3) is 0 Å². The van der Waals surface area contributed by atoms with Crippen molar-refractivity contribution in [1.82, 2.24) is 20.1 Å². The number of halogens is 2. The Morgan fingerprint density at radius 2 is 2.12 bits per heavy atom. The molecule has 4 rings (SSSR count). The van der Waals surface area contributed by atoms with Crippen LogP contribution in [0.5, 0.6) is 0 Å². The highest BCUT2D eigenvalue weighted by molar-refractivity contribution is 5.97. The van der Waals surface area contributed by atoms with Crippen LogP contribution in [-0.4, -0.2) is 83.4 Å². The number of carbonyl (C=O) groups excluding carboxylic acids is 1. The minimum absolute atomic E-state index is 0.0885. The molecule has 3 aliphatic rings. The lowest BCUT2D eigenvalue weighted by Crippen LogP contribution is -2.61. The second kappa shape index (κ2) is 8.59. The summed E-state index contributed by atoms with van der Waals surface area (Å²) in [6, 6.07) is 1.73. The van der Waals surface area contributed by atoms with Crippen molar-refractivity contribution in [2.24, 2.45) is 0 Å². The number of anilines is 1. The maximum absolute atomic E-state index is 13.9. The molecular weight excluding hydrogens is 416 g/mol. The molecule has 0 radical (unpaired) electrons. The quantitative estimate of drug-likeness (QED) is 0.713. The van der Waals surface area contributed by atoms with Crippen LogP contribution in [0.4, 0.5) is 14.5 Å². The molecule has 1 aromatic rings. The molecule has 1 aromatic heterocycles. The molecule has 2 N–H and O–H groups in total. The van der Waals surface area contributed by atoms with Gasteiger partial charge in [-0.3, -0.25) is 19.6 Å². The average Bonchev–Trinajstić information content (AvgIpc) is 3.23. The number of aliphatic hydroxyl groups excluding tert-OH is 1. The van der Waals surface area contributed by atoms with Crippen molar-refractivity contribution in [3.05, 3.63) is 23.5 Å². The zero-order valence-corrected chi connectivity index (χ0v) is 19.4. The fourth-order valence-corrected chi connectivity index (χ4v) is 5.17. The number of alkyl halides is 2. The zero-order valence-electron chi connectivity index (χ0n) is 19.4. The molecule has 2 saturated heterocycles. The molecule has 0 saturated carbocycles. The van der Waals surface area contributed by atoms with Gasteiger partial charge in [-0.1, -0.05) is 13.8 Å². The van der Waals surface area contributed by atoms with Gasteiger partial charge >= 0.3 is 0 Å². The van der Waals surface area contributed by atoms with Crippen molar-refractivity contribution >= 4 is 11.6 Å². The minimum Gasteiger partial charge on any atom is -0.378 e. The number of rotatable bonds is 5. The van der Waals surface area contributed by atoms with Crippen LogP contribution in [0.15, 0.2) is 12.3 Å². The number of nitrogens with zero attached hydrogens (tertiary/aromatic N) is 4. The molecule has 3 atom stereocenters. The molecule has 1 amide bonds. The number of carbonyl (C=O) groups is 1. The summed E-state index contributed by atoms with van der Waals surface area (Å²) in [6.07, 6.45) is 2.85. The third kappa shape index (κ3) is 4.66. The summed E-state index contributed by atoms with van der Waals surface area (Å²) in [6.45, 7) is 10.6. The van der Waals surface area contributed by atoms with E-state index in [1.807, 2.05) is 13.8 Å². The Morgan fingerprint density at radius 3 is 2.78 bits per heavy atom. The molecule has 0 aromatic carbocycles. The highest BCUT2D eigenvalue weighted by Gasteiger charge is 2.41. The maximum atomic E-state index is 13.9. The van der Waals surface area contributed by atoms with Crippen LogP contribution < -0.4 is 10.2 Å². The predicted molar refractivity (Wildman–Crippen MR) is 119 cm³/mol. The van der Waals surface area contributed by atoms with Crippen LogP contribution in [0.1, 0.15) is 51.8 Å². The maximum Gasteiger partial charge on any atom is 0.287 e. The van der Waals surface area contributed by atoms with Gasteiger partial charge in [-0.25, -0.2) is 0 Å². The minimum atomic E-state index is -3.06. The molecule has 0 bridgehead atoms. The van der Waals surface area contributed by atoms with Crippen molar-refractivity contribution < 1.29 is 18.7 Å². The van der Waals surface area contributed by atoms with E-state index in [0.717, 1.165) is 45.0 Å². The van der Waals surface area contributed by atoms with Crippen LogP contribution in [-0.2, 0) is 16.1 Å². The van der Waals surface area contributed by atoms with Crippen molar-refractivity contribution in [2.75, 3.05) is 44.2 Å². The highest BCUT2D eigenvalue weighted by Crippen LogP contribution is 2.42. The molecule has 32 heavy (non-hydrogen) atoms. The number of fused-ring (bicyclic) bond motifs is 1. The summed E-state index contributed by atoms with van der Waals surface area (Å²) < 4.78 is 27.9. The van der Waals surface area contributed by atoms with Gasteiger partial charge in [0.2, 0.25) is 5.91 Å². The largest absolute Gasteiger partial charge is 0.378 e. The van der Waals surface area contributed by atoms with Crippen LogP contribution in [0.3, 0.4) is 0 Å². The number of likely N-dealkylation sites (tertiary alicyclic amines) is 1. The molecule has 3 aliphatic heterocycles. The Hall–Kier alpha value is -1.68. The topological polar surface area (TPSA) is 71.9 Å². The first kappa shape index (κ1) is 23.5. The average molecular weight is 452 g/mol. The normalized spacial score (nSPS) is 28.8. The molecule has 178 valence electrons. The monoisotopic (exact) mass is 451 g/mol. The summed E-state index contributed by atoms with van der Waals surface area (Å²) in [7, 11) is 0. The number of nitrogens with one attached hydrogen (secondary N) is 1. The van der Waals surface area contributed by atoms with Gasteiger partial charge in [0.1, 0.15) is 11.9 Å². The van der Waals surface area contributed by atoms with Crippen LogP contribution >= 0.6 is 0 Å². The number of aromatic nitrogens is 1. The van der Waals surface area contributed by atoms with Gasteiger partial charge in [-0.05, 0) is 25.8 Å². The second-order valence-corrected chi connectivity index (χ2v) is 10.3. The van der Waals surface area contributed by atoms with E-state index in [4.69, 9.17) is 0 Å². The van der Waals surface area contributed by atoms with E-state index in [9.17, 15) is 18.7 Å². The van der Waals surface area contributed by atoms with Gasteiger partial charge in [0, 0.05) is 68.9 Å². The first-order valence-electron chi connectivity index (χ1n) is 11.5. The van der Waals surface area contributed by atoms with E-state index in [0.29, 0.717) is 18.8 Å². The zero-order chi connectivity index (χ0) is 23.3. The fourth-order valence-electron chi connectivity index (χ4n) is 5.17. The molecule has 0 aliphatic carbocycles. The van der Waals surface area contributed by atoms with E-state index >= 15 is 0 Å². The van der Waals surface area contributed by atoms with E-state index in [1.165, 1.54) is 12.3 Å². The van der Waals surface area contributed by atoms with Gasteiger partial charge in [-0.15, -0.1) is 0 Å². The van der Waals surface area contributed by atoms with E-state index in [-0.39, 0.29) is 35.6 Å². The molecule has 9 heteroatoms. The first-order valence-corrected chi connectivity index (χ1v) is 11.5. The Morgan fingerprint density at radius 1 is 1.38 bits per heavy atom. The first-order chi connectivity index (χ1) is 15.0. The van der Waals surface area contributed by atoms with E-state index in [2.05, 4.69) is 27.0 Å². The number of pyridine rings is 1. The van der Waals surface area contributed by atoms with Gasteiger partial charge in [0.15, 0.2) is 0 Å². The van der Waals surface area contributed by atoms with Gasteiger partial charge in [0.05, 0.1) is 12.2 Å². The van der Waals surface area contributed by atoms with Crippen molar-refractivity contribution in [3.8, 4) is 0 Å². The van der Waals surface area contributed by atoms with Gasteiger partial charge < -0.3 is 15.3 Å². The van der Waals surface area contributed by atoms with E-state index < -0.39 is 12.2 Å². The van der Waals surface area contributed by atoms with Gasteiger partial charge in [0.25, 0.3) is 5.92 Å². The number of hydrogen-bond acceptors (Lipinski definition) is 6. The second-order valence-electron chi connectivity index (χ2n) is 10.3. The number of amides is 1. The van der Waals surface area contributed by atoms with Crippen molar-refractivity contribution in [3.63, 3.8) is 0 Å². The Kier molecular flexibility index (Phi) is 6.30. The third-order valence-corrected chi connectivity index (χ3v) is 7.05. The highest BCUT2D eigenvalue weighted by atomic mass is 19.3. The standard InChI is InChI=1S/C23H35F2N5O2/c1-15-11-29(16(9-26-15)12-28-7-5-6-20(28)31)13-21(32)30-14-22(2,3)17-10-27-19(8-18(17)30)23(4,24)25/h8,10,15-16,20,26,31H,5-7,9,11-14H2,1-4H3/t15-,16-,20?/m1/s1. The number of aliphatic hydroxyl groups is 1. The predicted octanol–water partition coefficient (Wildman–Crippen LogP) is 1.89. The summed E-state index contributed by atoms with van der Waals surface area (Å²) in [5.74, 6) is -3.15. The summed E-state index contributed by atoms with van der Waals surface area (Å²) in [5.41, 5.74) is 0.698. The lowest BCUT2D eigenvalue weighted by atomic mass is 9.88. The Bertz CT molecular complexity index is 859. The SMILES string of the molecule is C[C@@H]1CN(CC(=O)N2CC(C)(C)c3cnc(C(C)(F)F)cc32)[C@@H](CN2CCCC2O)CN1. The van der Waals surface area contributed by atoms with Crippen LogP contribution in [0, 0.1) is 0 Å². The van der Waals surface area contributed by atoms with Crippen molar-refractivity contribution in [2.45, 2.75) is 70.2 Å². The lowest BCUT2D eigenvalue weighted by Gasteiger charge is -2.41. The Balaban J connectivity index is 1.53. The molecule has 0 spiro atoms. The molecular formula is C23H35F2N5O2. The molecule has 2 fully saturated rings. The smallest absolute Gasteiger partial charge is 0.287 e. The van der Waals surface area contributed by atoms with Gasteiger partial charge in [-0.2, -0.15) is 8.78 Å². The van der Waals surface area contributed by atoms with Crippen molar-refractivity contribution in [1.29, 1.82) is 0 Å². The van der Waals surface area contributed by atoms with E-state index in [1.54, 1.807) is 4.90 Å². The molecule has 1 unspecified atom stereocenters. The third-order valence-electron chi connectivity index (χ3n) is 7.05. The summed E-state index contributed by atoms with van der Waals surface area (Å²) in [4.78, 5) is 23.4. The molecule has 7 nitrogen and oxygen atoms in total. The summed E-state index contributed by atoms with van der Waals surface area (Å²) in [5, 5.41) is 13.7. The Labute approximate surface area is 188 Å².